The molecule has 110 valence electrons. The van der Waals surface area contributed by atoms with E-state index in [2.05, 4.69) is 34.3 Å². The summed E-state index contributed by atoms with van der Waals surface area (Å²) in [6, 6.07) is 5.06. The summed E-state index contributed by atoms with van der Waals surface area (Å²) in [6.45, 7) is 5.16. The number of aromatic nitrogens is 1. The van der Waals surface area contributed by atoms with E-state index < -0.39 is 0 Å². The Bertz CT molecular complexity index is 461. The van der Waals surface area contributed by atoms with Crippen LogP contribution >= 0.6 is 0 Å². The molecule has 0 radical (unpaired) electrons. The van der Waals surface area contributed by atoms with Gasteiger partial charge in [-0.25, -0.2) is 0 Å². The molecule has 1 aromatic heterocycles. The SMILES string of the molecule is COC1(C)CCCN(c2ccnc(CNC3CC3)c2)C1. The molecule has 0 bridgehead atoms. The van der Waals surface area contributed by atoms with Crippen LogP contribution in [0.2, 0.25) is 0 Å². The predicted molar refractivity (Wildman–Crippen MR) is 81.0 cm³/mol. The van der Waals surface area contributed by atoms with Crippen LogP contribution < -0.4 is 10.2 Å². The quantitative estimate of drug-likeness (QED) is 0.895. The molecule has 3 rings (SSSR count). The molecule has 1 N–H and O–H groups in total. The zero-order valence-electron chi connectivity index (χ0n) is 12.6. The number of methoxy groups -OCH3 is 1. The molecule has 20 heavy (non-hydrogen) atoms. The molecule has 1 aliphatic carbocycles. The van der Waals surface area contributed by atoms with Crippen molar-refractivity contribution in [3.63, 3.8) is 0 Å². The minimum Gasteiger partial charge on any atom is -0.377 e. The fourth-order valence-electron chi connectivity index (χ4n) is 2.89. The van der Waals surface area contributed by atoms with Gasteiger partial charge in [0.2, 0.25) is 0 Å². The molecule has 1 aromatic rings. The van der Waals surface area contributed by atoms with Crippen LogP contribution in [0.25, 0.3) is 0 Å². The first kappa shape index (κ1) is 13.8. The minimum atomic E-state index is -0.0199. The zero-order chi connectivity index (χ0) is 14.0. The highest BCUT2D eigenvalue weighted by atomic mass is 16.5. The van der Waals surface area contributed by atoms with Crippen LogP contribution in [-0.2, 0) is 11.3 Å². The standard InChI is InChI=1S/C16H25N3O/c1-16(20-2)7-3-9-19(12-16)15-6-8-17-14(10-15)11-18-13-4-5-13/h6,8,10,13,18H,3-5,7,9,11-12H2,1-2H3. The monoisotopic (exact) mass is 275 g/mol. The number of nitrogens with one attached hydrogen (secondary N) is 1. The van der Waals surface area contributed by atoms with Gasteiger partial charge in [0.05, 0.1) is 11.3 Å². The molecular weight excluding hydrogens is 250 g/mol. The van der Waals surface area contributed by atoms with Gasteiger partial charge in [0.25, 0.3) is 0 Å². The molecule has 1 saturated heterocycles. The van der Waals surface area contributed by atoms with Gasteiger partial charge in [0.15, 0.2) is 0 Å². The van der Waals surface area contributed by atoms with Gasteiger partial charge >= 0.3 is 0 Å². The number of hydrogen-bond acceptors (Lipinski definition) is 4. The average Bonchev–Trinajstić information content (AvgIpc) is 3.30. The van der Waals surface area contributed by atoms with Gasteiger partial charge in [0.1, 0.15) is 0 Å². The van der Waals surface area contributed by atoms with Crippen LogP contribution in [0, 0.1) is 0 Å². The van der Waals surface area contributed by atoms with E-state index in [1.807, 2.05) is 13.3 Å². The largest absolute Gasteiger partial charge is 0.377 e. The fraction of sp³-hybridized carbons (Fsp3) is 0.688. The van der Waals surface area contributed by atoms with Crippen molar-refractivity contribution in [2.75, 3.05) is 25.1 Å². The molecule has 1 atom stereocenters. The van der Waals surface area contributed by atoms with E-state index in [-0.39, 0.29) is 5.60 Å². The van der Waals surface area contributed by atoms with Crippen molar-refractivity contribution in [3.8, 4) is 0 Å². The number of rotatable bonds is 5. The van der Waals surface area contributed by atoms with Crippen molar-refractivity contribution in [2.45, 2.75) is 50.8 Å². The predicted octanol–water partition coefficient (Wildman–Crippen LogP) is 2.34. The van der Waals surface area contributed by atoms with E-state index in [4.69, 9.17) is 4.74 Å². The maximum absolute atomic E-state index is 5.68. The Morgan fingerprint density at radius 3 is 3.10 bits per heavy atom. The second-order valence-electron chi connectivity index (χ2n) is 6.34. The number of piperidine rings is 1. The van der Waals surface area contributed by atoms with Crippen LogP contribution in [-0.4, -0.2) is 36.8 Å². The second-order valence-corrected chi connectivity index (χ2v) is 6.34. The van der Waals surface area contributed by atoms with Gasteiger partial charge in [-0.1, -0.05) is 0 Å². The van der Waals surface area contributed by atoms with Crippen LogP contribution in [0.4, 0.5) is 5.69 Å². The summed E-state index contributed by atoms with van der Waals surface area (Å²) < 4.78 is 5.68. The first-order valence-corrected chi connectivity index (χ1v) is 7.67. The van der Waals surface area contributed by atoms with Gasteiger partial charge in [-0.15, -0.1) is 0 Å². The van der Waals surface area contributed by atoms with Crippen molar-refractivity contribution in [3.05, 3.63) is 24.0 Å². The molecule has 1 saturated carbocycles. The van der Waals surface area contributed by atoms with E-state index in [9.17, 15) is 0 Å². The lowest BCUT2D eigenvalue weighted by molar-refractivity contribution is -0.00466. The van der Waals surface area contributed by atoms with Gasteiger partial charge in [-0.2, -0.15) is 0 Å². The summed E-state index contributed by atoms with van der Waals surface area (Å²) in [7, 11) is 1.82. The van der Waals surface area contributed by atoms with E-state index >= 15 is 0 Å². The van der Waals surface area contributed by atoms with Crippen molar-refractivity contribution in [2.24, 2.45) is 0 Å². The Labute approximate surface area is 121 Å². The highest BCUT2D eigenvalue weighted by molar-refractivity contribution is 5.47. The second kappa shape index (κ2) is 5.70. The summed E-state index contributed by atoms with van der Waals surface area (Å²) in [6.07, 6.45) is 6.89. The molecule has 0 spiro atoms. The normalized spacial score (nSPS) is 26.8. The van der Waals surface area contributed by atoms with Gasteiger partial charge in [0, 0.05) is 44.7 Å². The molecule has 0 aromatic carbocycles. The Morgan fingerprint density at radius 1 is 1.50 bits per heavy atom. The van der Waals surface area contributed by atoms with Crippen LogP contribution in [0.1, 0.15) is 38.3 Å². The Hall–Kier alpha value is -1.13. The van der Waals surface area contributed by atoms with E-state index in [1.54, 1.807) is 0 Å². The molecular formula is C16H25N3O. The van der Waals surface area contributed by atoms with Crippen LogP contribution in [0.3, 0.4) is 0 Å². The highest BCUT2D eigenvalue weighted by Crippen LogP contribution is 2.28. The number of hydrogen-bond donors (Lipinski definition) is 1. The molecule has 2 aliphatic rings. The first-order chi connectivity index (χ1) is 9.68. The zero-order valence-corrected chi connectivity index (χ0v) is 12.6. The average molecular weight is 275 g/mol. The summed E-state index contributed by atoms with van der Waals surface area (Å²) in [5.74, 6) is 0. The third-order valence-corrected chi connectivity index (χ3v) is 4.47. The highest BCUT2D eigenvalue weighted by Gasteiger charge is 2.31. The maximum Gasteiger partial charge on any atom is 0.0825 e. The molecule has 4 nitrogen and oxygen atoms in total. The fourth-order valence-corrected chi connectivity index (χ4v) is 2.89. The summed E-state index contributed by atoms with van der Waals surface area (Å²) in [5.41, 5.74) is 2.39. The molecule has 2 fully saturated rings. The first-order valence-electron chi connectivity index (χ1n) is 7.67. The Balaban J connectivity index is 1.67. The van der Waals surface area contributed by atoms with Crippen molar-refractivity contribution in [1.82, 2.24) is 10.3 Å². The topological polar surface area (TPSA) is 37.4 Å². The van der Waals surface area contributed by atoms with Gasteiger partial charge in [-0.3, -0.25) is 4.98 Å². The van der Waals surface area contributed by atoms with Crippen molar-refractivity contribution < 1.29 is 4.74 Å². The molecule has 0 amide bonds. The molecule has 2 heterocycles. The van der Waals surface area contributed by atoms with Crippen LogP contribution in [0.15, 0.2) is 18.3 Å². The molecule has 1 unspecified atom stereocenters. The number of pyridine rings is 1. The number of anilines is 1. The lowest BCUT2D eigenvalue weighted by Crippen LogP contribution is -2.47. The Morgan fingerprint density at radius 2 is 2.35 bits per heavy atom. The minimum absolute atomic E-state index is 0.0199. The summed E-state index contributed by atoms with van der Waals surface area (Å²) >= 11 is 0. The van der Waals surface area contributed by atoms with Crippen molar-refractivity contribution in [1.29, 1.82) is 0 Å². The third kappa shape index (κ3) is 3.30. The number of nitrogens with zero attached hydrogens (tertiary/aromatic N) is 2. The maximum atomic E-state index is 5.68. The molecule has 4 heteroatoms. The van der Waals surface area contributed by atoms with Gasteiger partial charge < -0.3 is 15.0 Å². The lowest BCUT2D eigenvalue weighted by atomic mass is 9.94. The van der Waals surface area contributed by atoms with Crippen LogP contribution in [0.5, 0.6) is 0 Å². The Kier molecular flexibility index (Phi) is 3.94. The smallest absolute Gasteiger partial charge is 0.0825 e. The summed E-state index contributed by atoms with van der Waals surface area (Å²) in [5, 5.41) is 3.52. The van der Waals surface area contributed by atoms with Gasteiger partial charge in [-0.05, 0) is 44.7 Å². The lowest BCUT2D eigenvalue weighted by Gasteiger charge is -2.40. The van der Waals surface area contributed by atoms with E-state index in [0.717, 1.165) is 37.8 Å². The van der Waals surface area contributed by atoms with E-state index in [0.29, 0.717) is 0 Å². The summed E-state index contributed by atoms with van der Waals surface area (Å²) in [4.78, 5) is 6.90. The number of ether oxygens (including phenoxy) is 1. The van der Waals surface area contributed by atoms with Crippen molar-refractivity contribution >= 4 is 5.69 Å². The third-order valence-electron chi connectivity index (χ3n) is 4.47. The molecule has 1 aliphatic heterocycles. The van der Waals surface area contributed by atoms with E-state index in [1.165, 1.54) is 24.9 Å².